The van der Waals surface area contributed by atoms with Crippen LogP contribution in [0.3, 0.4) is 0 Å². The van der Waals surface area contributed by atoms with Gasteiger partial charge in [-0.3, -0.25) is 4.79 Å². The highest BCUT2D eigenvalue weighted by atomic mass is 32.2. The summed E-state index contributed by atoms with van der Waals surface area (Å²) in [5.74, 6) is 2.93. The number of fused-ring (bicyclic) bond motifs is 1. The van der Waals surface area contributed by atoms with Gasteiger partial charge in [-0.05, 0) is 42.5 Å². The quantitative estimate of drug-likeness (QED) is 0.356. The Morgan fingerprint density at radius 2 is 2.00 bits per heavy atom. The summed E-state index contributed by atoms with van der Waals surface area (Å²) in [5, 5.41) is 0. The molecule has 0 fully saturated rings. The second kappa shape index (κ2) is 7.63. The molecule has 1 aliphatic rings. The summed E-state index contributed by atoms with van der Waals surface area (Å²) in [6, 6.07) is 18.0. The maximum absolute atomic E-state index is 12.5. The van der Waals surface area contributed by atoms with E-state index >= 15 is 0 Å². The zero-order chi connectivity index (χ0) is 19.5. The number of esters is 1. The first-order chi connectivity index (χ1) is 13.7. The molecule has 4 nitrogen and oxygen atoms in total. The summed E-state index contributed by atoms with van der Waals surface area (Å²) in [5.41, 5.74) is 1.83. The fourth-order valence-electron chi connectivity index (χ4n) is 2.84. The van der Waals surface area contributed by atoms with Crippen molar-refractivity contribution in [1.82, 2.24) is 0 Å². The van der Waals surface area contributed by atoms with Crippen LogP contribution < -0.4 is 0 Å². The Hall–Kier alpha value is -3.49. The van der Waals surface area contributed by atoms with Crippen LogP contribution in [0.15, 0.2) is 74.9 Å². The Kier molecular flexibility index (Phi) is 4.88. The van der Waals surface area contributed by atoms with Gasteiger partial charge >= 0.3 is 5.97 Å². The zero-order valence-electron chi connectivity index (χ0n) is 14.7. The monoisotopic (exact) mass is 386 g/mol. The summed E-state index contributed by atoms with van der Waals surface area (Å²) in [4.78, 5) is 26.0. The van der Waals surface area contributed by atoms with Gasteiger partial charge in [-0.25, -0.2) is 4.79 Å². The van der Waals surface area contributed by atoms with Gasteiger partial charge in [0.25, 0.3) is 0 Å². The first kappa shape index (κ1) is 17.9. The molecule has 2 heterocycles. The fourth-order valence-corrected chi connectivity index (χ4v) is 3.87. The van der Waals surface area contributed by atoms with Crippen LogP contribution in [0.2, 0.25) is 0 Å². The molecule has 4 rings (SSSR count). The number of rotatable bonds is 4. The van der Waals surface area contributed by atoms with Gasteiger partial charge in [-0.1, -0.05) is 41.9 Å². The SMILES string of the molecule is C#CCOC(=O)c1cccc(-c2ccc(/C=C3\Sc4ccccc4C3=O)o2)c1. The molecule has 28 heavy (non-hydrogen) atoms. The van der Waals surface area contributed by atoms with E-state index in [1.807, 2.05) is 30.3 Å². The number of furan rings is 1. The third kappa shape index (κ3) is 3.51. The van der Waals surface area contributed by atoms with Crippen LogP contribution in [-0.4, -0.2) is 18.4 Å². The number of carbonyl (C=O) groups is 2. The van der Waals surface area contributed by atoms with Crippen molar-refractivity contribution < 1.29 is 18.7 Å². The largest absolute Gasteiger partial charge is 0.457 e. The van der Waals surface area contributed by atoms with Crippen LogP contribution in [0, 0.1) is 12.3 Å². The van der Waals surface area contributed by atoms with Crippen LogP contribution in [-0.2, 0) is 4.74 Å². The van der Waals surface area contributed by atoms with Gasteiger partial charge in [0, 0.05) is 16.0 Å². The molecule has 0 radical (unpaired) electrons. The van der Waals surface area contributed by atoms with Gasteiger partial charge in [0.05, 0.1) is 10.5 Å². The smallest absolute Gasteiger partial charge is 0.339 e. The van der Waals surface area contributed by atoms with Crippen LogP contribution >= 0.6 is 11.8 Å². The summed E-state index contributed by atoms with van der Waals surface area (Å²) in [6.07, 6.45) is 6.85. The number of benzene rings is 2. The number of thioether (sulfide) groups is 1. The minimum absolute atomic E-state index is 0.00296. The van der Waals surface area contributed by atoms with Crippen LogP contribution in [0.1, 0.15) is 26.5 Å². The summed E-state index contributed by atoms with van der Waals surface area (Å²) < 4.78 is 10.8. The van der Waals surface area contributed by atoms with Crippen molar-refractivity contribution >= 4 is 29.6 Å². The Morgan fingerprint density at radius 3 is 2.82 bits per heavy atom. The van der Waals surface area contributed by atoms with E-state index in [0.717, 1.165) is 10.5 Å². The van der Waals surface area contributed by atoms with Crippen LogP contribution in [0.4, 0.5) is 0 Å². The third-order valence-corrected chi connectivity index (χ3v) is 5.24. The molecule has 1 aliphatic heterocycles. The molecule has 0 saturated carbocycles. The number of ether oxygens (including phenoxy) is 1. The van der Waals surface area contributed by atoms with E-state index in [4.69, 9.17) is 15.6 Å². The number of Topliss-reactive ketones (excluding diaryl/α,β-unsaturated/α-hetero) is 1. The lowest BCUT2D eigenvalue weighted by atomic mass is 10.1. The molecule has 2 aromatic carbocycles. The van der Waals surface area contributed by atoms with E-state index in [2.05, 4.69) is 5.92 Å². The van der Waals surface area contributed by atoms with Crippen molar-refractivity contribution in [2.75, 3.05) is 6.61 Å². The number of carbonyl (C=O) groups excluding carboxylic acids is 2. The molecule has 0 amide bonds. The fraction of sp³-hybridized carbons (Fsp3) is 0.0435. The van der Waals surface area contributed by atoms with Crippen molar-refractivity contribution in [2.45, 2.75) is 4.90 Å². The molecule has 0 N–H and O–H groups in total. The number of hydrogen-bond acceptors (Lipinski definition) is 5. The predicted octanol–water partition coefficient (Wildman–Crippen LogP) is 5.07. The van der Waals surface area contributed by atoms with Crippen LogP contribution in [0.25, 0.3) is 17.4 Å². The van der Waals surface area contributed by atoms with Gasteiger partial charge in [0.2, 0.25) is 5.78 Å². The second-order valence-electron chi connectivity index (χ2n) is 6.00. The average Bonchev–Trinajstić information content (AvgIpc) is 3.32. The summed E-state index contributed by atoms with van der Waals surface area (Å²) in [7, 11) is 0. The molecular weight excluding hydrogens is 372 g/mol. The lowest BCUT2D eigenvalue weighted by Gasteiger charge is -2.03. The first-order valence-electron chi connectivity index (χ1n) is 8.50. The van der Waals surface area contributed by atoms with Gasteiger partial charge in [-0.15, -0.1) is 6.42 Å². The zero-order valence-corrected chi connectivity index (χ0v) is 15.5. The lowest BCUT2D eigenvalue weighted by Crippen LogP contribution is -2.05. The molecule has 0 aliphatic carbocycles. The number of allylic oxidation sites excluding steroid dienone is 1. The number of terminal acetylenes is 1. The molecule has 0 unspecified atom stereocenters. The highest BCUT2D eigenvalue weighted by molar-refractivity contribution is 8.04. The van der Waals surface area contributed by atoms with Crippen LogP contribution in [0.5, 0.6) is 0 Å². The van der Waals surface area contributed by atoms with Crippen molar-refractivity contribution in [3.8, 4) is 23.7 Å². The van der Waals surface area contributed by atoms with Crippen molar-refractivity contribution in [3.05, 3.63) is 82.5 Å². The molecule has 0 atom stereocenters. The molecule has 0 spiro atoms. The second-order valence-corrected chi connectivity index (χ2v) is 7.08. The third-order valence-electron chi connectivity index (χ3n) is 4.14. The molecule has 0 bridgehead atoms. The van der Waals surface area contributed by atoms with Crippen molar-refractivity contribution in [1.29, 1.82) is 0 Å². The van der Waals surface area contributed by atoms with E-state index in [1.165, 1.54) is 11.8 Å². The Balaban J connectivity index is 1.57. The average molecular weight is 386 g/mol. The first-order valence-corrected chi connectivity index (χ1v) is 9.31. The molecule has 3 aromatic rings. The van der Waals surface area contributed by atoms with E-state index in [1.54, 1.807) is 36.4 Å². The number of hydrogen-bond donors (Lipinski definition) is 0. The maximum atomic E-state index is 12.5. The van der Waals surface area contributed by atoms with E-state index in [9.17, 15) is 9.59 Å². The van der Waals surface area contributed by atoms with Gasteiger partial charge in [0.1, 0.15) is 11.5 Å². The Bertz CT molecular complexity index is 1150. The van der Waals surface area contributed by atoms with E-state index in [-0.39, 0.29) is 12.4 Å². The topological polar surface area (TPSA) is 56.5 Å². The minimum Gasteiger partial charge on any atom is -0.457 e. The standard InChI is InChI=1S/C23H14O4S/c1-2-12-26-23(25)16-7-5-6-15(13-16)19-11-10-17(27-19)14-21-22(24)18-8-3-4-9-20(18)28-21/h1,3-11,13-14H,12H2/b21-14-. The van der Waals surface area contributed by atoms with Gasteiger partial charge < -0.3 is 9.15 Å². The Labute approximate surface area is 166 Å². The van der Waals surface area contributed by atoms with E-state index in [0.29, 0.717) is 27.6 Å². The normalized spacial score (nSPS) is 14.0. The highest BCUT2D eigenvalue weighted by Crippen LogP contribution is 2.40. The van der Waals surface area contributed by atoms with Crippen molar-refractivity contribution in [2.24, 2.45) is 0 Å². The summed E-state index contributed by atoms with van der Waals surface area (Å²) in [6.45, 7) is -0.0738. The lowest BCUT2D eigenvalue weighted by molar-refractivity contribution is 0.0556. The molecular formula is C23H14O4S. The van der Waals surface area contributed by atoms with Gasteiger partial charge in [-0.2, -0.15) is 0 Å². The summed E-state index contributed by atoms with van der Waals surface area (Å²) >= 11 is 1.43. The number of ketones is 1. The molecule has 5 heteroatoms. The molecule has 136 valence electrons. The minimum atomic E-state index is -0.487. The van der Waals surface area contributed by atoms with E-state index < -0.39 is 5.97 Å². The Morgan fingerprint density at radius 1 is 1.14 bits per heavy atom. The maximum Gasteiger partial charge on any atom is 0.339 e. The highest BCUT2D eigenvalue weighted by Gasteiger charge is 2.25. The van der Waals surface area contributed by atoms with Crippen molar-refractivity contribution in [3.63, 3.8) is 0 Å². The predicted molar refractivity (Wildman–Crippen MR) is 108 cm³/mol. The molecule has 0 saturated heterocycles. The molecule has 1 aromatic heterocycles. The van der Waals surface area contributed by atoms with Gasteiger partial charge in [0.15, 0.2) is 6.61 Å².